The van der Waals surface area contributed by atoms with E-state index >= 15 is 0 Å². The Bertz CT molecular complexity index is 752. The van der Waals surface area contributed by atoms with Crippen LogP contribution in [0.1, 0.15) is 34.8 Å². The summed E-state index contributed by atoms with van der Waals surface area (Å²) in [4.78, 5) is 11.3. The molecular weight excluding hydrogens is 296 g/mol. The lowest BCUT2D eigenvalue weighted by Crippen LogP contribution is -2.27. The van der Waals surface area contributed by atoms with Gasteiger partial charge in [0.15, 0.2) is 5.76 Å². The lowest BCUT2D eigenvalue weighted by Gasteiger charge is -2.12. The maximum atomic E-state index is 12.2. The first kappa shape index (κ1) is 15.2. The van der Waals surface area contributed by atoms with Gasteiger partial charge in [0.05, 0.1) is 16.6 Å². The molecule has 8 heteroatoms. The van der Waals surface area contributed by atoms with Gasteiger partial charge in [0, 0.05) is 0 Å². The van der Waals surface area contributed by atoms with E-state index < -0.39 is 22.0 Å². The number of sulfonamides is 1. The van der Waals surface area contributed by atoms with Crippen LogP contribution in [0.4, 0.5) is 0 Å². The largest absolute Gasteiger partial charge is 0.477 e. The molecule has 0 saturated carbocycles. The van der Waals surface area contributed by atoms with Gasteiger partial charge in [-0.05, 0) is 26.0 Å². The summed E-state index contributed by atoms with van der Waals surface area (Å²) in [5, 5.41) is 12.7. The fourth-order valence-electron chi connectivity index (χ4n) is 1.90. The fourth-order valence-corrected chi connectivity index (χ4v) is 3.12. The third kappa shape index (κ3) is 3.11. The SMILES string of the molecule is Cc1noc([C@@H](C)NS(=O)(=O)c2ccccc2)c1C(=O)O. The van der Waals surface area contributed by atoms with Crippen LogP contribution < -0.4 is 4.72 Å². The fraction of sp³-hybridized carbons (Fsp3) is 0.231. The highest BCUT2D eigenvalue weighted by Gasteiger charge is 2.27. The molecule has 0 radical (unpaired) electrons. The van der Waals surface area contributed by atoms with Crippen molar-refractivity contribution in [3.8, 4) is 0 Å². The second kappa shape index (κ2) is 5.66. The minimum absolute atomic E-state index is 0.0282. The zero-order chi connectivity index (χ0) is 15.6. The number of carbonyl (C=O) groups is 1. The van der Waals surface area contributed by atoms with Crippen molar-refractivity contribution >= 4 is 16.0 Å². The summed E-state index contributed by atoms with van der Waals surface area (Å²) in [5.74, 6) is -1.24. The summed E-state index contributed by atoms with van der Waals surface area (Å²) in [5.41, 5.74) is 0.0709. The molecule has 2 rings (SSSR count). The van der Waals surface area contributed by atoms with E-state index in [1.165, 1.54) is 26.0 Å². The highest BCUT2D eigenvalue weighted by atomic mass is 32.2. The first-order chi connectivity index (χ1) is 9.83. The average Bonchev–Trinajstić information content (AvgIpc) is 2.81. The minimum atomic E-state index is -3.77. The van der Waals surface area contributed by atoms with Gasteiger partial charge in [0.25, 0.3) is 0 Å². The van der Waals surface area contributed by atoms with Crippen molar-refractivity contribution in [2.75, 3.05) is 0 Å². The number of nitrogens with zero attached hydrogens (tertiary/aromatic N) is 1. The summed E-state index contributed by atoms with van der Waals surface area (Å²) in [6.45, 7) is 2.97. The Balaban J connectivity index is 2.31. The van der Waals surface area contributed by atoms with Crippen molar-refractivity contribution in [2.24, 2.45) is 0 Å². The van der Waals surface area contributed by atoms with Gasteiger partial charge in [-0.2, -0.15) is 0 Å². The van der Waals surface area contributed by atoms with Crippen LogP contribution in [0.2, 0.25) is 0 Å². The summed E-state index contributed by atoms with van der Waals surface area (Å²) < 4.78 is 31.7. The second-order valence-corrected chi connectivity index (χ2v) is 6.18. The van der Waals surface area contributed by atoms with E-state index in [4.69, 9.17) is 9.63 Å². The number of carboxylic acid groups (broad SMARTS) is 1. The molecule has 0 spiro atoms. The van der Waals surface area contributed by atoms with E-state index in [1.807, 2.05) is 0 Å². The topological polar surface area (TPSA) is 110 Å². The normalized spacial score (nSPS) is 13.0. The van der Waals surface area contributed by atoms with Crippen molar-refractivity contribution in [3.05, 3.63) is 47.3 Å². The van der Waals surface area contributed by atoms with Gasteiger partial charge in [0.1, 0.15) is 5.56 Å². The molecule has 0 aliphatic carbocycles. The molecule has 1 heterocycles. The number of nitrogens with one attached hydrogen (secondary N) is 1. The molecule has 21 heavy (non-hydrogen) atoms. The van der Waals surface area contributed by atoms with Crippen molar-refractivity contribution in [1.29, 1.82) is 0 Å². The molecule has 1 aromatic heterocycles. The molecule has 0 aliphatic rings. The summed E-state index contributed by atoms with van der Waals surface area (Å²) in [6.07, 6.45) is 0. The first-order valence-corrected chi connectivity index (χ1v) is 7.58. The van der Waals surface area contributed by atoms with Gasteiger partial charge in [-0.3, -0.25) is 0 Å². The highest BCUT2D eigenvalue weighted by molar-refractivity contribution is 7.89. The van der Waals surface area contributed by atoms with Crippen LogP contribution in [-0.4, -0.2) is 24.7 Å². The molecule has 0 fully saturated rings. The van der Waals surface area contributed by atoms with E-state index in [1.54, 1.807) is 18.2 Å². The number of hydrogen-bond donors (Lipinski definition) is 2. The average molecular weight is 310 g/mol. The van der Waals surface area contributed by atoms with Gasteiger partial charge < -0.3 is 9.63 Å². The Morgan fingerprint density at radius 2 is 1.95 bits per heavy atom. The van der Waals surface area contributed by atoms with Gasteiger partial charge in [-0.15, -0.1) is 0 Å². The predicted molar refractivity (Wildman–Crippen MR) is 73.4 cm³/mol. The molecule has 0 aliphatic heterocycles. The quantitative estimate of drug-likeness (QED) is 0.870. The second-order valence-electron chi connectivity index (χ2n) is 4.47. The molecule has 0 saturated heterocycles. The van der Waals surface area contributed by atoms with Crippen LogP contribution in [0, 0.1) is 6.92 Å². The molecule has 0 unspecified atom stereocenters. The lowest BCUT2D eigenvalue weighted by molar-refractivity contribution is 0.0692. The van der Waals surface area contributed by atoms with Crippen molar-refractivity contribution < 1.29 is 22.8 Å². The maximum Gasteiger partial charge on any atom is 0.341 e. The van der Waals surface area contributed by atoms with Crippen LogP contribution in [0.5, 0.6) is 0 Å². The molecule has 7 nitrogen and oxygen atoms in total. The van der Waals surface area contributed by atoms with Gasteiger partial charge >= 0.3 is 5.97 Å². The van der Waals surface area contributed by atoms with Crippen LogP contribution in [-0.2, 0) is 10.0 Å². The molecule has 1 aromatic carbocycles. The molecule has 1 atom stereocenters. The highest BCUT2D eigenvalue weighted by Crippen LogP contribution is 2.22. The van der Waals surface area contributed by atoms with Crippen LogP contribution in [0.3, 0.4) is 0 Å². The number of carboxylic acids is 1. The number of rotatable bonds is 5. The summed E-state index contributed by atoms with van der Waals surface area (Å²) in [6, 6.07) is 6.92. The zero-order valence-electron chi connectivity index (χ0n) is 11.4. The molecule has 2 aromatic rings. The summed E-state index contributed by atoms with van der Waals surface area (Å²) >= 11 is 0. The van der Waals surface area contributed by atoms with E-state index in [0.717, 1.165) is 0 Å². The standard InChI is InChI=1S/C13H14N2O5S/c1-8-11(13(16)17)12(20-14-8)9(2)15-21(18,19)10-6-4-3-5-7-10/h3-7,9,15H,1-2H3,(H,16,17)/t9-/m1/s1. The number of hydrogen-bond acceptors (Lipinski definition) is 5. The smallest absolute Gasteiger partial charge is 0.341 e. The molecular formula is C13H14N2O5S. The van der Waals surface area contributed by atoms with E-state index in [2.05, 4.69) is 9.88 Å². The predicted octanol–water partition coefficient (Wildman–Crippen LogP) is 1.72. The van der Waals surface area contributed by atoms with E-state index in [9.17, 15) is 13.2 Å². The first-order valence-electron chi connectivity index (χ1n) is 6.10. The Kier molecular flexibility index (Phi) is 4.10. The Labute approximate surface area is 121 Å². The van der Waals surface area contributed by atoms with E-state index in [0.29, 0.717) is 0 Å². The maximum absolute atomic E-state index is 12.2. The van der Waals surface area contributed by atoms with Gasteiger partial charge in [-0.25, -0.2) is 17.9 Å². The van der Waals surface area contributed by atoms with Gasteiger partial charge in [-0.1, -0.05) is 23.4 Å². The third-order valence-corrected chi connectivity index (χ3v) is 4.44. The zero-order valence-corrected chi connectivity index (χ0v) is 12.2. The molecule has 112 valence electrons. The lowest BCUT2D eigenvalue weighted by atomic mass is 10.1. The monoisotopic (exact) mass is 310 g/mol. The van der Waals surface area contributed by atoms with Crippen molar-refractivity contribution in [3.63, 3.8) is 0 Å². The molecule has 0 bridgehead atoms. The van der Waals surface area contributed by atoms with Gasteiger partial charge in [0.2, 0.25) is 10.0 Å². The number of aromatic nitrogens is 1. The Morgan fingerprint density at radius 3 is 2.52 bits per heavy atom. The Hall–Kier alpha value is -2.19. The Morgan fingerprint density at radius 1 is 1.33 bits per heavy atom. The molecule has 2 N–H and O–H groups in total. The molecule has 0 amide bonds. The number of benzene rings is 1. The number of aromatic carboxylic acids is 1. The third-order valence-electron chi connectivity index (χ3n) is 2.88. The minimum Gasteiger partial charge on any atom is -0.477 e. The van der Waals surface area contributed by atoms with Crippen LogP contribution >= 0.6 is 0 Å². The van der Waals surface area contributed by atoms with Crippen LogP contribution in [0.25, 0.3) is 0 Å². The summed E-state index contributed by atoms with van der Waals surface area (Å²) in [7, 11) is -3.77. The van der Waals surface area contributed by atoms with E-state index in [-0.39, 0.29) is 21.9 Å². The van der Waals surface area contributed by atoms with Crippen LogP contribution in [0.15, 0.2) is 39.8 Å². The van der Waals surface area contributed by atoms with Crippen molar-refractivity contribution in [2.45, 2.75) is 24.8 Å². The number of aryl methyl sites for hydroxylation is 1. The van der Waals surface area contributed by atoms with Crippen molar-refractivity contribution in [1.82, 2.24) is 9.88 Å².